The Morgan fingerprint density at radius 2 is 2.21 bits per heavy atom. The molecule has 0 saturated heterocycles. The largest absolute Gasteiger partial charge is 0.496 e. The standard InChI is InChI=1S/C11H17NOS/c1-8-4-5-10(13-3)11(6-8)14-7-9(2)12/h4-6,9H,7,12H2,1-3H3. The molecule has 0 heterocycles. The minimum atomic E-state index is 0.213. The molecule has 0 saturated carbocycles. The molecule has 1 aromatic carbocycles. The molecule has 14 heavy (non-hydrogen) atoms. The van der Waals surface area contributed by atoms with Gasteiger partial charge in [-0.15, -0.1) is 11.8 Å². The summed E-state index contributed by atoms with van der Waals surface area (Å²) in [4.78, 5) is 1.17. The van der Waals surface area contributed by atoms with Gasteiger partial charge in [-0.3, -0.25) is 0 Å². The van der Waals surface area contributed by atoms with Crippen molar-refractivity contribution in [2.24, 2.45) is 5.73 Å². The van der Waals surface area contributed by atoms with Gasteiger partial charge in [-0.1, -0.05) is 6.07 Å². The molecule has 0 aliphatic rings. The maximum atomic E-state index is 5.71. The van der Waals surface area contributed by atoms with Crippen molar-refractivity contribution in [1.29, 1.82) is 0 Å². The Kier molecular flexibility index (Phi) is 4.29. The first kappa shape index (κ1) is 11.4. The summed E-state index contributed by atoms with van der Waals surface area (Å²) in [6.45, 7) is 4.09. The Bertz CT molecular complexity index is 299. The second-order valence-corrected chi connectivity index (χ2v) is 4.50. The predicted octanol–water partition coefficient (Wildman–Crippen LogP) is 2.44. The van der Waals surface area contributed by atoms with E-state index in [1.807, 2.05) is 13.0 Å². The van der Waals surface area contributed by atoms with Gasteiger partial charge in [0.15, 0.2) is 0 Å². The molecule has 1 rings (SSSR count). The van der Waals surface area contributed by atoms with Crippen LogP contribution < -0.4 is 10.5 Å². The van der Waals surface area contributed by atoms with Gasteiger partial charge < -0.3 is 10.5 Å². The van der Waals surface area contributed by atoms with Crippen molar-refractivity contribution in [3.63, 3.8) is 0 Å². The van der Waals surface area contributed by atoms with E-state index in [2.05, 4.69) is 19.1 Å². The molecule has 1 unspecified atom stereocenters. The number of aryl methyl sites for hydroxylation is 1. The zero-order chi connectivity index (χ0) is 10.6. The van der Waals surface area contributed by atoms with Crippen LogP contribution in [0.25, 0.3) is 0 Å². The molecule has 0 aliphatic heterocycles. The van der Waals surface area contributed by atoms with Crippen molar-refractivity contribution in [2.75, 3.05) is 12.9 Å². The predicted molar refractivity (Wildman–Crippen MR) is 62.1 cm³/mol. The summed E-state index contributed by atoms with van der Waals surface area (Å²) in [7, 11) is 1.70. The molecule has 0 amide bonds. The first-order valence-corrected chi connectivity index (χ1v) is 5.65. The average Bonchev–Trinajstić information content (AvgIpc) is 2.15. The van der Waals surface area contributed by atoms with Crippen LogP contribution in [0, 0.1) is 6.92 Å². The van der Waals surface area contributed by atoms with Gasteiger partial charge in [0, 0.05) is 16.7 Å². The van der Waals surface area contributed by atoms with E-state index in [9.17, 15) is 0 Å². The first-order chi connectivity index (χ1) is 6.63. The Morgan fingerprint density at radius 1 is 1.50 bits per heavy atom. The van der Waals surface area contributed by atoms with Crippen LogP contribution in [0.3, 0.4) is 0 Å². The van der Waals surface area contributed by atoms with Gasteiger partial charge in [0.05, 0.1) is 7.11 Å². The SMILES string of the molecule is COc1ccc(C)cc1SCC(C)N. The van der Waals surface area contributed by atoms with Crippen molar-refractivity contribution in [3.05, 3.63) is 23.8 Å². The third kappa shape index (κ3) is 3.24. The van der Waals surface area contributed by atoms with Crippen LogP contribution in [0.1, 0.15) is 12.5 Å². The molecule has 1 aromatic rings. The van der Waals surface area contributed by atoms with E-state index < -0.39 is 0 Å². The molecule has 0 bridgehead atoms. The maximum absolute atomic E-state index is 5.71. The lowest BCUT2D eigenvalue weighted by Crippen LogP contribution is -2.17. The summed E-state index contributed by atoms with van der Waals surface area (Å²) in [5.41, 5.74) is 6.96. The molecule has 2 nitrogen and oxygen atoms in total. The number of methoxy groups -OCH3 is 1. The fourth-order valence-corrected chi connectivity index (χ4v) is 2.12. The Labute approximate surface area is 89.8 Å². The molecule has 0 aliphatic carbocycles. The molecular formula is C11H17NOS. The monoisotopic (exact) mass is 211 g/mol. The number of nitrogens with two attached hydrogens (primary N) is 1. The van der Waals surface area contributed by atoms with Crippen LogP contribution in [0.4, 0.5) is 0 Å². The van der Waals surface area contributed by atoms with Crippen molar-refractivity contribution in [1.82, 2.24) is 0 Å². The summed E-state index contributed by atoms with van der Waals surface area (Å²) in [6.07, 6.45) is 0. The van der Waals surface area contributed by atoms with E-state index in [-0.39, 0.29) is 6.04 Å². The number of rotatable bonds is 4. The van der Waals surface area contributed by atoms with Gasteiger partial charge in [-0.05, 0) is 31.5 Å². The fourth-order valence-electron chi connectivity index (χ4n) is 1.12. The number of hydrogen-bond acceptors (Lipinski definition) is 3. The summed E-state index contributed by atoms with van der Waals surface area (Å²) in [5, 5.41) is 0. The van der Waals surface area contributed by atoms with Crippen molar-refractivity contribution < 1.29 is 4.74 Å². The molecule has 0 spiro atoms. The van der Waals surface area contributed by atoms with Crippen molar-refractivity contribution in [3.8, 4) is 5.75 Å². The van der Waals surface area contributed by atoms with Crippen LogP contribution >= 0.6 is 11.8 Å². The zero-order valence-electron chi connectivity index (χ0n) is 8.91. The lowest BCUT2D eigenvalue weighted by Gasteiger charge is -2.10. The van der Waals surface area contributed by atoms with E-state index in [1.165, 1.54) is 10.5 Å². The van der Waals surface area contributed by atoms with Gasteiger partial charge in [-0.25, -0.2) is 0 Å². The summed E-state index contributed by atoms with van der Waals surface area (Å²) in [5.74, 6) is 1.85. The van der Waals surface area contributed by atoms with E-state index in [4.69, 9.17) is 10.5 Å². The summed E-state index contributed by atoms with van der Waals surface area (Å²) < 4.78 is 5.27. The van der Waals surface area contributed by atoms with Crippen LogP contribution in [0.15, 0.2) is 23.1 Å². The van der Waals surface area contributed by atoms with E-state index in [0.717, 1.165) is 11.5 Å². The number of hydrogen-bond donors (Lipinski definition) is 1. The van der Waals surface area contributed by atoms with Gasteiger partial charge in [-0.2, -0.15) is 0 Å². The third-order valence-corrected chi connectivity index (χ3v) is 3.14. The topological polar surface area (TPSA) is 35.2 Å². The van der Waals surface area contributed by atoms with E-state index in [0.29, 0.717) is 0 Å². The highest BCUT2D eigenvalue weighted by atomic mass is 32.2. The Balaban J connectivity index is 2.77. The van der Waals surface area contributed by atoms with E-state index >= 15 is 0 Å². The minimum absolute atomic E-state index is 0.213. The fraction of sp³-hybridized carbons (Fsp3) is 0.455. The molecule has 1 atom stereocenters. The second-order valence-electron chi connectivity index (χ2n) is 3.44. The maximum Gasteiger partial charge on any atom is 0.132 e. The quantitative estimate of drug-likeness (QED) is 0.777. The van der Waals surface area contributed by atoms with Gasteiger partial charge >= 0.3 is 0 Å². The molecule has 0 radical (unpaired) electrons. The van der Waals surface area contributed by atoms with Crippen molar-refractivity contribution in [2.45, 2.75) is 24.8 Å². The highest BCUT2D eigenvalue weighted by Gasteiger charge is 2.04. The Hall–Kier alpha value is -0.670. The number of ether oxygens (including phenoxy) is 1. The molecule has 0 fully saturated rings. The molecule has 3 heteroatoms. The first-order valence-electron chi connectivity index (χ1n) is 4.66. The lowest BCUT2D eigenvalue weighted by molar-refractivity contribution is 0.404. The van der Waals surface area contributed by atoms with Crippen LogP contribution in [0.5, 0.6) is 5.75 Å². The molecule has 0 aromatic heterocycles. The molecule has 2 N–H and O–H groups in total. The second kappa shape index (κ2) is 5.27. The Morgan fingerprint density at radius 3 is 2.79 bits per heavy atom. The summed E-state index contributed by atoms with van der Waals surface area (Å²) in [6, 6.07) is 6.39. The normalized spacial score (nSPS) is 12.6. The van der Waals surface area contributed by atoms with Gasteiger partial charge in [0.1, 0.15) is 5.75 Å². The zero-order valence-corrected chi connectivity index (χ0v) is 9.73. The molecule has 78 valence electrons. The average molecular weight is 211 g/mol. The van der Waals surface area contributed by atoms with Gasteiger partial charge in [0.2, 0.25) is 0 Å². The highest BCUT2D eigenvalue weighted by Crippen LogP contribution is 2.30. The third-order valence-electron chi connectivity index (χ3n) is 1.82. The van der Waals surface area contributed by atoms with Crippen LogP contribution in [0.2, 0.25) is 0 Å². The molecular weight excluding hydrogens is 194 g/mol. The summed E-state index contributed by atoms with van der Waals surface area (Å²) >= 11 is 1.74. The lowest BCUT2D eigenvalue weighted by atomic mass is 10.2. The number of benzene rings is 1. The minimum Gasteiger partial charge on any atom is -0.496 e. The smallest absolute Gasteiger partial charge is 0.132 e. The van der Waals surface area contributed by atoms with Crippen LogP contribution in [-0.4, -0.2) is 18.9 Å². The van der Waals surface area contributed by atoms with E-state index in [1.54, 1.807) is 18.9 Å². The highest BCUT2D eigenvalue weighted by molar-refractivity contribution is 7.99. The van der Waals surface area contributed by atoms with Gasteiger partial charge in [0.25, 0.3) is 0 Å². The van der Waals surface area contributed by atoms with Crippen molar-refractivity contribution >= 4 is 11.8 Å². The van der Waals surface area contributed by atoms with Crippen LogP contribution in [-0.2, 0) is 0 Å². The number of thioether (sulfide) groups is 1.